The standard InChI is InChI=1S/C10H17ClN4S/c11-10-9(13-14-16-10)7-15-5-1-2-8(6-15)3-4-12/h8H,1-7,12H2. The Hall–Kier alpha value is -0.230. The first-order chi connectivity index (χ1) is 7.79. The van der Waals surface area contributed by atoms with Crippen LogP contribution in [-0.2, 0) is 6.54 Å². The van der Waals surface area contributed by atoms with Crippen LogP contribution >= 0.6 is 23.1 Å². The normalized spacial score (nSPS) is 22.5. The van der Waals surface area contributed by atoms with Crippen LogP contribution in [0.3, 0.4) is 0 Å². The Balaban J connectivity index is 1.88. The van der Waals surface area contributed by atoms with Gasteiger partial charge in [-0.2, -0.15) is 0 Å². The molecule has 2 rings (SSSR count). The van der Waals surface area contributed by atoms with E-state index in [1.54, 1.807) is 0 Å². The summed E-state index contributed by atoms with van der Waals surface area (Å²) >= 11 is 7.27. The molecule has 16 heavy (non-hydrogen) atoms. The van der Waals surface area contributed by atoms with Crippen molar-refractivity contribution in [1.29, 1.82) is 0 Å². The Morgan fingerprint density at radius 3 is 3.12 bits per heavy atom. The van der Waals surface area contributed by atoms with E-state index < -0.39 is 0 Å². The molecule has 1 aromatic rings. The molecule has 1 atom stereocenters. The number of hydrogen-bond acceptors (Lipinski definition) is 5. The first-order valence-corrected chi connectivity index (χ1v) is 6.84. The second-order valence-electron chi connectivity index (χ2n) is 4.31. The lowest BCUT2D eigenvalue weighted by molar-refractivity contribution is 0.161. The SMILES string of the molecule is NCCC1CCCN(Cc2nnsc2Cl)C1. The van der Waals surface area contributed by atoms with Crippen LogP contribution in [0.1, 0.15) is 25.0 Å². The van der Waals surface area contributed by atoms with Crippen LogP contribution in [0.4, 0.5) is 0 Å². The predicted octanol–water partition coefficient (Wildman–Crippen LogP) is 1.75. The maximum Gasteiger partial charge on any atom is 0.138 e. The van der Waals surface area contributed by atoms with Gasteiger partial charge in [-0.15, -0.1) is 5.10 Å². The highest BCUT2D eigenvalue weighted by molar-refractivity contribution is 7.10. The van der Waals surface area contributed by atoms with Crippen LogP contribution in [0, 0.1) is 5.92 Å². The smallest absolute Gasteiger partial charge is 0.138 e. The van der Waals surface area contributed by atoms with Gasteiger partial charge in [0.1, 0.15) is 10.0 Å². The van der Waals surface area contributed by atoms with Crippen LogP contribution in [0.25, 0.3) is 0 Å². The van der Waals surface area contributed by atoms with Crippen molar-refractivity contribution in [3.8, 4) is 0 Å². The highest BCUT2D eigenvalue weighted by Crippen LogP contribution is 2.23. The van der Waals surface area contributed by atoms with Gasteiger partial charge in [-0.1, -0.05) is 16.1 Å². The molecule has 2 heterocycles. The number of piperidine rings is 1. The molecule has 0 saturated carbocycles. The molecule has 2 N–H and O–H groups in total. The molecule has 0 spiro atoms. The summed E-state index contributed by atoms with van der Waals surface area (Å²) in [6.07, 6.45) is 3.68. The monoisotopic (exact) mass is 260 g/mol. The van der Waals surface area contributed by atoms with Gasteiger partial charge in [0.05, 0.1) is 0 Å². The first-order valence-electron chi connectivity index (χ1n) is 5.68. The van der Waals surface area contributed by atoms with Crippen LogP contribution in [0.2, 0.25) is 4.34 Å². The topological polar surface area (TPSA) is 55.0 Å². The van der Waals surface area contributed by atoms with E-state index in [1.165, 1.54) is 24.4 Å². The quantitative estimate of drug-likeness (QED) is 0.896. The van der Waals surface area contributed by atoms with Gasteiger partial charge in [-0.3, -0.25) is 4.90 Å². The number of rotatable bonds is 4. The fraction of sp³-hybridized carbons (Fsp3) is 0.800. The third kappa shape index (κ3) is 3.13. The number of aromatic nitrogens is 2. The summed E-state index contributed by atoms with van der Waals surface area (Å²) in [7, 11) is 0. The van der Waals surface area contributed by atoms with Crippen molar-refractivity contribution in [3.05, 3.63) is 10.0 Å². The van der Waals surface area contributed by atoms with Gasteiger partial charge in [-0.25, -0.2) is 0 Å². The molecule has 0 aliphatic carbocycles. The lowest BCUT2D eigenvalue weighted by Crippen LogP contribution is -2.35. The number of halogens is 1. The Bertz CT molecular complexity index is 328. The molecule has 0 radical (unpaired) electrons. The average molecular weight is 261 g/mol. The molecule has 0 bridgehead atoms. The van der Waals surface area contributed by atoms with Crippen LogP contribution in [0.5, 0.6) is 0 Å². The van der Waals surface area contributed by atoms with Gasteiger partial charge in [0.2, 0.25) is 0 Å². The zero-order valence-corrected chi connectivity index (χ0v) is 10.8. The fourth-order valence-corrected chi connectivity index (χ4v) is 2.88. The molecule has 6 heteroatoms. The van der Waals surface area contributed by atoms with Crippen molar-refractivity contribution in [1.82, 2.24) is 14.5 Å². The first kappa shape index (κ1) is 12.2. The summed E-state index contributed by atoms with van der Waals surface area (Å²) in [4.78, 5) is 2.41. The number of hydrogen-bond donors (Lipinski definition) is 1. The van der Waals surface area contributed by atoms with Gasteiger partial charge < -0.3 is 5.73 Å². The maximum atomic E-state index is 6.00. The molecule has 1 saturated heterocycles. The predicted molar refractivity (Wildman–Crippen MR) is 66.6 cm³/mol. The van der Waals surface area contributed by atoms with Crippen molar-refractivity contribution >= 4 is 23.1 Å². The molecule has 1 fully saturated rings. The van der Waals surface area contributed by atoms with E-state index in [-0.39, 0.29) is 0 Å². The number of nitrogens with two attached hydrogens (primary N) is 1. The van der Waals surface area contributed by atoms with E-state index in [4.69, 9.17) is 17.3 Å². The molecule has 1 aliphatic heterocycles. The molecular weight excluding hydrogens is 244 g/mol. The van der Waals surface area contributed by atoms with Gasteiger partial charge in [-0.05, 0) is 38.3 Å². The molecule has 90 valence electrons. The lowest BCUT2D eigenvalue weighted by Gasteiger charge is -2.32. The van der Waals surface area contributed by atoms with Crippen molar-refractivity contribution in [3.63, 3.8) is 0 Å². The summed E-state index contributed by atoms with van der Waals surface area (Å²) in [6.45, 7) is 3.87. The fourth-order valence-electron chi connectivity index (χ4n) is 2.27. The molecule has 0 aromatic carbocycles. The van der Waals surface area contributed by atoms with E-state index >= 15 is 0 Å². The molecule has 1 aromatic heterocycles. The van der Waals surface area contributed by atoms with Crippen LogP contribution in [-0.4, -0.2) is 34.1 Å². The highest BCUT2D eigenvalue weighted by Gasteiger charge is 2.20. The third-order valence-electron chi connectivity index (χ3n) is 3.06. The van der Waals surface area contributed by atoms with Crippen molar-refractivity contribution in [2.45, 2.75) is 25.8 Å². The van der Waals surface area contributed by atoms with Gasteiger partial charge in [0.25, 0.3) is 0 Å². The molecule has 1 unspecified atom stereocenters. The number of likely N-dealkylation sites (tertiary alicyclic amines) is 1. The minimum absolute atomic E-state index is 0.723. The van der Waals surface area contributed by atoms with Gasteiger partial charge >= 0.3 is 0 Å². The van der Waals surface area contributed by atoms with Crippen molar-refractivity contribution in [2.24, 2.45) is 11.7 Å². The Kier molecular flexibility index (Phi) is 4.52. The second kappa shape index (κ2) is 5.91. The molecule has 1 aliphatic rings. The van der Waals surface area contributed by atoms with Gasteiger partial charge in [0, 0.05) is 24.6 Å². The summed E-state index contributed by atoms with van der Waals surface area (Å²) in [5.74, 6) is 0.740. The van der Waals surface area contributed by atoms with Crippen molar-refractivity contribution < 1.29 is 0 Å². The Morgan fingerprint density at radius 1 is 1.56 bits per heavy atom. The summed E-state index contributed by atoms with van der Waals surface area (Å²) in [5.41, 5.74) is 6.52. The zero-order chi connectivity index (χ0) is 11.4. The third-order valence-corrected chi connectivity index (χ3v) is 4.05. The van der Waals surface area contributed by atoms with E-state index in [9.17, 15) is 0 Å². The van der Waals surface area contributed by atoms with Crippen LogP contribution in [0.15, 0.2) is 0 Å². The van der Waals surface area contributed by atoms with Crippen LogP contribution < -0.4 is 5.73 Å². The second-order valence-corrected chi connectivity index (χ2v) is 5.67. The summed E-state index contributed by atoms with van der Waals surface area (Å²) < 4.78 is 4.58. The van der Waals surface area contributed by atoms with E-state index in [1.807, 2.05) is 0 Å². The van der Waals surface area contributed by atoms with E-state index in [0.717, 1.165) is 48.5 Å². The Labute approximate surface area is 105 Å². The van der Waals surface area contributed by atoms with E-state index in [2.05, 4.69) is 14.5 Å². The van der Waals surface area contributed by atoms with Crippen molar-refractivity contribution in [2.75, 3.05) is 19.6 Å². The zero-order valence-electron chi connectivity index (χ0n) is 9.23. The molecule has 0 amide bonds. The lowest BCUT2D eigenvalue weighted by atomic mass is 9.95. The minimum atomic E-state index is 0.723. The molecular formula is C10H17ClN4S. The largest absolute Gasteiger partial charge is 0.330 e. The van der Waals surface area contributed by atoms with E-state index in [0.29, 0.717) is 0 Å². The minimum Gasteiger partial charge on any atom is -0.330 e. The summed E-state index contributed by atoms with van der Waals surface area (Å²) in [5, 5.41) is 4.05. The molecule has 4 nitrogen and oxygen atoms in total. The number of nitrogens with zero attached hydrogens (tertiary/aromatic N) is 3. The van der Waals surface area contributed by atoms with Gasteiger partial charge in [0.15, 0.2) is 0 Å². The Morgan fingerprint density at radius 2 is 2.44 bits per heavy atom. The highest BCUT2D eigenvalue weighted by atomic mass is 35.5. The average Bonchev–Trinajstić information content (AvgIpc) is 2.66. The maximum absolute atomic E-state index is 6.00. The summed E-state index contributed by atoms with van der Waals surface area (Å²) in [6, 6.07) is 0.